The van der Waals surface area contributed by atoms with Gasteiger partial charge in [-0.2, -0.15) is 4.68 Å². The third-order valence-electron chi connectivity index (χ3n) is 3.16. The van der Waals surface area contributed by atoms with E-state index >= 15 is 0 Å². The van der Waals surface area contributed by atoms with Crippen LogP contribution in [0.4, 0.5) is 4.79 Å². The van der Waals surface area contributed by atoms with Crippen molar-refractivity contribution in [2.45, 2.75) is 24.9 Å². The summed E-state index contributed by atoms with van der Waals surface area (Å²) in [5.41, 5.74) is 0.662. The van der Waals surface area contributed by atoms with Crippen LogP contribution in [0, 0.1) is 0 Å². The fourth-order valence-corrected chi connectivity index (χ4v) is 2.62. The lowest BCUT2D eigenvalue weighted by Crippen LogP contribution is -2.40. The summed E-state index contributed by atoms with van der Waals surface area (Å²) in [6.07, 6.45) is 1.83. The first kappa shape index (κ1) is 18.7. The predicted molar refractivity (Wildman–Crippen MR) is 92.9 cm³/mol. The Bertz CT molecular complexity index is 721. The number of benzene rings is 1. The molecule has 0 bridgehead atoms. The Balaban J connectivity index is 1.93. The Labute approximate surface area is 149 Å². The number of nitrogens with one attached hydrogen (secondary N) is 2. The van der Waals surface area contributed by atoms with Crippen molar-refractivity contribution < 1.29 is 14.3 Å². The van der Waals surface area contributed by atoms with Crippen LogP contribution in [-0.2, 0) is 4.79 Å². The van der Waals surface area contributed by atoms with E-state index in [1.54, 1.807) is 19.2 Å². The molecule has 0 aliphatic heterocycles. The van der Waals surface area contributed by atoms with Crippen molar-refractivity contribution in [2.75, 3.05) is 19.4 Å². The Morgan fingerprint density at radius 3 is 2.88 bits per heavy atom. The molecule has 0 spiro atoms. The van der Waals surface area contributed by atoms with Crippen LogP contribution >= 0.6 is 11.8 Å². The first-order valence-corrected chi connectivity index (χ1v) is 8.76. The normalized spacial score (nSPS) is 10.3. The van der Waals surface area contributed by atoms with Crippen molar-refractivity contribution in [3.63, 3.8) is 0 Å². The molecule has 1 heterocycles. The molecule has 134 valence electrons. The Morgan fingerprint density at radius 1 is 1.32 bits per heavy atom. The van der Waals surface area contributed by atoms with Gasteiger partial charge >= 0.3 is 6.03 Å². The number of aromatic nitrogens is 4. The standard InChI is InChI=1S/C15H20N6O3S/c1-3-4-9-16-14(23)17-13(22)10-25-15-18-19-20-21(15)11-7-5-6-8-12(11)24-2/h5-8H,3-4,9-10H2,1-2H3,(H2,16,17,22,23). The number of unbranched alkanes of at least 4 members (excludes halogenated alkanes) is 1. The highest BCUT2D eigenvalue weighted by molar-refractivity contribution is 7.99. The maximum absolute atomic E-state index is 11.9. The summed E-state index contributed by atoms with van der Waals surface area (Å²) in [4.78, 5) is 23.4. The first-order chi connectivity index (χ1) is 12.2. The number of rotatable bonds is 8. The molecular weight excluding hydrogens is 344 g/mol. The van der Waals surface area contributed by atoms with E-state index < -0.39 is 11.9 Å². The molecule has 2 aromatic rings. The number of hydrogen-bond donors (Lipinski definition) is 2. The Hall–Kier alpha value is -2.62. The molecule has 25 heavy (non-hydrogen) atoms. The molecule has 0 saturated carbocycles. The average molecular weight is 364 g/mol. The van der Waals surface area contributed by atoms with E-state index in [0.717, 1.165) is 24.6 Å². The molecular formula is C15H20N6O3S. The van der Waals surface area contributed by atoms with Gasteiger partial charge in [-0.25, -0.2) is 4.79 Å². The van der Waals surface area contributed by atoms with Crippen molar-refractivity contribution in [1.82, 2.24) is 30.8 Å². The third-order valence-corrected chi connectivity index (χ3v) is 4.07. The number of carbonyl (C=O) groups excluding carboxylic acids is 2. The van der Waals surface area contributed by atoms with E-state index in [2.05, 4.69) is 26.2 Å². The molecule has 10 heteroatoms. The molecule has 1 aromatic heterocycles. The summed E-state index contributed by atoms with van der Waals surface area (Å²) in [5.74, 6) is 0.196. The van der Waals surface area contributed by atoms with Crippen molar-refractivity contribution in [3.8, 4) is 11.4 Å². The topological polar surface area (TPSA) is 111 Å². The zero-order valence-electron chi connectivity index (χ0n) is 14.1. The van der Waals surface area contributed by atoms with Crippen molar-refractivity contribution in [1.29, 1.82) is 0 Å². The number of urea groups is 1. The molecule has 0 fully saturated rings. The molecule has 0 atom stereocenters. The van der Waals surface area contributed by atoms with E-state index in [-0.39, 0.29) is 5.75 Å². The number of amides is 3. The summed E-state index contributed by atoms with van der Waals surface area (Å²) in [6.45, 7) is 2.56. The van der Waals surface area contributed by atoms with Crippen LogP contribution in [0.15, 0.2) is 29.4 Å². The Kier molecular flexibility index (Phi) is 7.20. The van der Waals surface area contributed by atoms with E-state index in [0.29, 0.717) is 23.1 Å². The summed E-state index contributed by atoms with van der Waals surface area (Å²) < 4.78 is 6.78. The fourth-order valence-electron chi connectivity index (χ4n) is 1.94. The lowest BCUT2D eigenvalue weighted by Gasteiger charge is -2.09. The lowest BCUT2D eigenvalue weighted by atomic mass is 10.3. The molecule has 0 saturated heterocycles. The van der Waals surface area contributed by atoms with Crippen LogP contribution in [0.3, 0.4) is 0 Å². The smallest absolute Gasteiger partial charge is 0.321 e. The van der Waals surface area contributed by atoms with Crippen molar-refractivity contribution in [2.24, 2.45) is 0 Å². The number of nitrogens with zero attached hydrogens (tertiary/aromatic N) is 4. The zero-order valence-corrected chi connectivity index (χ0v) is 14.9. The van der Waals surface area contributed by atoms with Gasteiger partial charge < -0.3 is 10.1 Å². The highest BCUT2D eigenvalue weighted by atomic mass is 32.2. The summed E-state index contributed by atoms with van der Waals surface area (Å²) in [6, 6.07) is 6.77. The second-order valence-corrected chi connectivity index (χ2v) is 5.93. The number of methoxy groups -OCH3 is 1. The van der Waals surface area contributed by atoms with E-state index in [4.69, 9.17) is 4.74 Å². The number of tetrazole rings is 1. The van der Waals surface area contributed by atoms with Gasteiger partial charge in [0, 0.05) is 6.54 Å². The van der Waals surface area contributed by atoms with Gasteiger partial charge in [0.15, 0.2) is 0 Å². The van der Waals surface area contributed by atoms with Crippen molar-refractivity contribution in [3.05, 3.63) is 24.3 Å². The summed E-state index contributed by atoms with van der Waals surface area (Å²) in [7, 11) is 1.56. The molecule has 1 aromatic carbocycles. The summed E-state index contributed by atoms with van der Waals surface area (Å²) in [5, 5.41) is 16.8. The highest BCUT2D eigenvalue weighted by Gasteiger charge is 2.15. The van der Waals surface area contributed by atoms with Gasteiger partial charge in [0.25, 0.3) is 0 Å². The molecule has 0 radical (unpaired) electrons. The molecule has 0 aliphatic carbocycles. The molecule has 3 amide bonds. The monoisotopic (exact) mass is 364 g/mol. The number of hydrogen-bond acceptors (Lipinski definition) is 7. The lowest BCUT2D eigenvalue weighted by molar-refractivity contribution is -0.117. The summed E-state index contributed by atoms with van der Waals surface area (Å²) >= 11 is 1.13. The van der Waals surface area contributed by atoms with E-state index in [9.17, 15) is 9.59 Å². The predicted octanol–water partition coefficient (Wildman–Crippen LogP) is 1.39. The SMILES string of the molecule is CCCCNC(=O)NC(=O)CSc1nnnn1-c1ccccc1OC. The number of carbonyl (C=O) groups is 2. The van der Waals surface area contributed by atoms with Gasteiger partial charge in [-0.1, -0.05) is 37.2 Å². The Morgan fingerprint density at radius 2 is 2.12 bits per heavy atom. The number of para-hydroxylation sites is 2. The molecule has 9 nitrogen and oxygen atoms in total. The zero-order chi connectivity index (χ0) is 18.1. The van der Waals surface area contributed by atoms with Gasteiger partial charge in [-0.15, -0.1) is 5.10 Å². The third kappa shape index (κ3) is 5.45. The van der Waals surface area contributed by atoms with E-state index in [1.807, 2.05) is 19.1 Å². The van der Waals surface area contributed by atoms with Crippen LogP contribution in [-0.4, -0.2) is 51.6 Å². The quantitative estimate of drug-likeness (QED) is 0.538. The van der Waals surface area contributed by atoms with Gasteiger partial charge in [0.2, 0.25) is 11.1 Å². The fraction of sp³-hybridized carbons (Fsp3) is 0.400. The van der Waals surface area contributed by atoms with E-state index in [1.165, 1.54) is 4.68 Å². The molecule has 0 unspecified atom stereocenters. The van der Waals surface area contributed by atoms with Gasteiger partial charge in [-0.3, -0.25) is 10.1 Å². The maximum Gasteiger partial charge on any atom is 0.321 e. The van der Waals surface area contributed by atoms with Crippen LogP contribution in [0.2, 0.25) is 0 Å². The number of thioether (sulfide) groups is 1. The minimum absolute atomic E-state index is 0.0106. The van der Waals surface area contributed by atoms with Crippen LogP contribution in [0.5, 0.6) is 5.75 Å². The molecule has 2 rings (SSSR count). The maximum atomic E-state index is 11.9. The largest absolute Gasteiger partial charge is 0.494 e. The van der Waals surface area contributed by atoms with Crippen LogP contribution < -0.4 is 15.4 Å². The second-order valence-electron chi connectivity index (χ2n) is 4.99. The average Bonchev–Trinajstić information content (AvgIpc) is 3.08. The second kappa shape index (κ2) is 9.62. The van der Waals surface area contributed by atoms with Crippen molar-refractivity contribution >= 4 is 23.7 Å². The number of ether oxygens (including phenoxy) is 1. The highest BCUT2D eigenvalue weighted by Crippen LogP contribution is 2.25. The minimum Gasteiger partial charge on any atom is -0.494 e. The van der Waals surface area contributed by atoms with Gasteiger partial charge in [0.1, 0.15) is 11.4 Å². The minimum atomic E-state index is -0.497. The first-order valence-electron chi connectivity index (χ1n) is 7.78. The molecule has 2 N–H and O–H groups in total. The van der Waals surface area contributed by atoms with Gasteiger partial charge in [0.05, 0.1) is 12.9 Å². The van der Waals surface area contributed by atoms with Gasteiger partial charge in [-0.05, 0) is 29.0 Å². The van der Waals surface area contributed by atoms with Crippen LogP contribution in [0.25, 0.3) is 5.69 Å². The van der Waals surface area contributed by atoms with Crippen LogP contribution in [0.1, 0.15) is 19.8 Å². The number of imide groups is 1. The molecule has 0 aliphatic rings.